The van der Waals surface area contributed by atoms with Crippen LogP contribution in [0.2, 0.25) is 0 Å². The summed E-state index contributed by atoms with van der Waals surface area (Å²) in [5.74, 6) is 0.162. The standard InChI is InChI=1S/C14H21NO2/c1-4-11(3)13-6-10(2)5-12(7-13)9-17-14(16)8-15/h5-7,11H,4,8-9,15H2,1-3H3/t11-/m0/s1. The molecule has 1 aromatic rings. The molecule has 3 nitrogen and oxygen atoms in total. The lowest BCUT2D eigenvalue weighted by molar-refractivity contribution is -0.143. The van der Waals surface area contributed by atoms with E-state index in [0.29, 0.717) is 12.5 Å². The van der Waals surface area contributed by atoms with Crippen LogP contribution in [0.15, 0.2) is 18.2 Å². The van der Waals surface area contributed by atoms with E-state index in [1.807, 2.05) is 6.07 Å². The van der Waals surface area contributed by atoms with Gasteiger partial charge in [-0.3, -0.25) is 4.79 Å². The molecule has 0 amide bonds. The number of carbonyl (C=O) groups is 1. The molecule has 0 aliphatic heterocycles. The van der Waals surface area contributed by atoms with Gasteiger partial charge >= 0.3 is 5.97 Å². The van der Waals surface area contributed by atoms with Crippen LogP contribution >= 0.6 is 0 Å². The van der Waals surface area contributed by atoms with Crippen molar-refractivity contribution >= 4 is 5.97 Å². The summed E-state index contributed by atoms with van der Waals surface area (Å²) < 4.78 is 5.04. The molecule has 0 radical (unpaired) electrons. The van der Waals surface area contributed by atoms with Crippen LogP contribution in [-0.2, 0) is 16.1 Å². The Morgan fingerprint density at radius 1 is 1.41 bits per heavy atom. The van der Waals surface area contributed by atoms with E-state index in [4.69, 9.17) is 10.5 Å². The van der Waals surface area contributed by atoms with E-state index in [1.165, 1.54) is 11.1 Å². The smallest absolute Gasteiger partial charge is 0.320 e. The summed E-state index contributed by atoms with van der Waals surface area (Å²) in [5, 5.41) is 0. The monoisotopic (exact) mass is 235 g/mol. The minimum atomic E-state index is -0.364. The molecule has 0 spiro atoms. The summed E-state index contributed by atoms with van der Waals surface area (Å²) in [4.78, 5) is 11.0. The SMILES string of the molecule is CC[C@H](C)c1cc(C)cc(COC(=O)CN)c1. The van der Waals surface area contributed by atoms with Gasteiger partial charge in [-0.05, 0) is 30.4 Å². The minimum absolute atomic E-state index is 0.0654. The van der Waals surface area contributed by atoms with Crippen molar-refractivity contribution < 1.29 is 9.53 Å². The Bertz CT molecular complexity index is 388. The molecule has 94 valence electrons. The first-order valence-electron chi connectivity index (χ1n) is 6.03. The lowest BCUT2D eigenvalue weighted by atomic mass is 9.95. The molecule has 1 rings (SSSR count). The number of rotatable bonds is 5. The van der Waals surface area contributed by atoms with Crippen molar-refractivity contribution in [3.05, 3.63) is 34.9 Å². The van der Waals surface area contributed by atoms with Gasteiger partial charge in [0.25, 0.3) is 0 Å². The van der Waals surface area contributed by atoms with Crippen molar-refractivity contribution in [1.82, 2.24) is 0 Å². The molecule has 0 aliphatic rings. The molecule has 17 heavy (non-hydrogen) atoms. The number of hydrogen-bond donors (Lipinski definition) is 1. The Morgan fingerprint density at radius 3 is 2.71 bits per heavy atom. The molecule has 2 N–H and O–H groups in total. The maximum Gasteiger partial charge on any atom is 0.320 e. The minimum Gasteiger partial charge on any atom is -0.460 e. The van der Waals surface area contributed by atoms with E-state index < -0.39 is 0 Å². The molecule has 0 aliphatic carbocycles. The molecular formula is C14H21NO2. The summed E-state index contributed by atoms with van der Waals surface area (Å²) in [6.07, 6.45) is 1.10. The number of hydrogen-bond acceptors (Lipinski definition) is 3. The predicted molar refractivity (Wildman–Crippen MR) is 68.7 cm³/mol. The highest BCUT2D eigenvalue weighted by molar-refractivity contribution is 5.71. The summed E-state index contributed by atoms with van der Waals surface area (Å²) in [6.45, 7) is 6.66. The molecular weight excluding hydrogens is 214 g/mol. The van der Waals surface area contributed by atoms with Crippen LogP contribution in [0, 0.1) is 6.92 Å². The second-order valence-electron chi connectivity index (χ2n) is 4.43. The van der Waals surface area contributed by atoms with Gasteiger partial charge < -0.3 is 10.5 Å². The fourth-order valence-corrected chi connectivity index (χ4v) is 1.72. The Balaban J connectivity index is 2.78. The molecule has 0 saturated carbocycles. The first-order chi connectivity index (χ1) is 8.06. The van der Waals surface area contributed by atoms with Gasteiger partial charge in [-0.2, -0.15) is 0 Å². The average Bonchev–Trinajstić information content (AvgIpc) is 2.34. The van der Waals surface area contributed by atoms with E-state index in [0.717, 1.165) is 12.0 Å². The zero-order valence-electron chi connectivity index (χ0n) is 10.8. The Morgan fingerprint density at radius 2 is 2.12 bits per heavy atom. The number of aryl methyl sites for hydroxylation is 1. The highest BCUT2D eigenvalue weighted by Gasteiger charge is 2.06. The normalized spacial score (nSPS) is 12.2. The fourth-order valence-electron chi connectivity index (χ4n) is 1.72. The van der Waals surface area contributed by atoms with Crippen LogP contribution in [0.5, 0.6) is 0 Å². The highest BCUT2D eigenvalue weighted by Crippen LogP contribution is 2.21. The number of nitrogens with two attached hydrogens (primary N) is 1. The van der Waals surface area contributed by atoms with E-state index in [9.17, 15) is 4.79 Å². The van der Waals surface area contributed by atoms with Crippen molar-refractivity contribution in [3.8, 4) is 0 Å². The summed E-state index contributed by atoms with van der Waals surface area (Å²) in [6, 6.07) is 6.32. The first kappa shape index (κ1) is 13.7. The summed E-state index contributed by atoms with van der Waals surface area (Å²) >= 11 is 0. The van der Waals surface area contributed by atoms with Gasteiger partial charge in [-0.1, -0.05) is 37.6 Å². The highest BCUT2D eigenvalue weighted by atomic mass is 16.5. The zero-order chi connectivity index (χ0) is 12.8. The molecule has 1 atom stereocenters. The van der Waals surface area contributed by atoms with Crippen molar-refractivity contribution in [2.24, 2.45) is 5.73 Å². The fraction of sp³-hybridized carbons (Fsp3) is 0.500. The Labute approximate surface area is 103 Å². The van der Waals surface area contributed by atoms with Gasteiger partial charge in [0.1, 0.15) is 6.61 Å². The van der Waals surface area contributed by atoms with E-state index in [2.05, 4.69) is 32.9 Å². The van der Waals surface area contributed by atoms with Crippen LogP contribution in [0.3, 0.4) is 0 Å². The molecule has 0 unspecified atom stereocenters. The third-order valence-electron chi connectivity index (χ3n) is 2.91. The van der Waals surface area contributed by atoms with Gasteiger partial charge in [0.15, 0.2) is 0 Å². The van der Waals surface area contributed by atoms with Gasteiger partial charge in [-0.25, -0.2) is 0 Å². The van der Waals surface area contributed by atoms with Crippen LogP contribution in [-0.4, -0.2) is 12.5 Å². The molecule has 0 fully saturated rings. The molecule has 3 heteroatoms. The maximum atomic E-state index is 11.0. The molecule has 0 saturated heterocycles. The van der Waals surface area contributed by atoms with E-state index in [1.54, 1.807) is 0 Å². The second-order valence-corrected chi connectivity index (χ2v) is 4.43. The lowest BCUT2D eigenvalue weighted by Crippen LogP contribution is -2.16. The van der Waals surface area contributed by atoms with Gasteiger partial charge in [0, 0.05) is 0 Å². The first-order valence-corrected chi connectivity index (χ1v) is 6.03. The van der Waals surface area contributed by atoms with E-state index in [-0.39, 0.29) is 12.5 Å². The Hall–Kier alpha value is -1.35. The van der Waals surface area contributed by atoms with Crippen LogP contribution in [0.1, 0.15) is 42.9 Å². The number of esters is 1. The van der Waals surface area contributed by atoms with Crippen molar-refractivity contribution in [3.63, 3.8) is 0 Å². The molecule has 1 aromatic carbocycles. The number of ether oxygens (including phenoxy) is 1. The van der Waals surface area contributed by atoms with Gasteiger partial charge in [0.2, 0.25) is 0 Å². The number of carbonyl (C=O) groups excluding carboxylic acids is 1. The zero-order valence-corrected chi connectivity index (χ0v) is 10.8. The maximum absolute atomic E-state index is 11.0. The second kappa shape index (κ2) is 6.40. The Kier molecular flexibility index (Phi) is 5.16. The predicted octanol–water partition coefficient (Wildman–Crippen LogP) is 2.51. The molecule has 0 heterocycles. The van der Waals surface area contributed by atoms with Crippen molar-refractivity contribution in [2.45, 2.75) is 39.7 Å². The van der Waals surface area contributed by atoms with Gasteiger partial charge in [0.05, 0.1) is 6.54 Å². The average molecular weight is 235 g/mol. The summed E-state index contributed by atoms with van der Waals surface area (Å²) in [7, 11) is 0. The molecule has 0 bridgehead atoms. The lowest BCUT2D eigenvalue weighted by Gasteiger charge is -2.12. The number of benzene rings is 1. The van der Waals surface area contributed by atoms with Crippen molar-refractivity contribution in [1.29, 1.82) is 0 Å². The third-order valence-corrected chi connectivity index (χ3v) is 2.91. The summed E-state index contributed by atoms with van der Waals surface area (Å²) in [5.41, 5.74) is 8.71. The van der Waals surface area contributed by atoms with Crippen LogP contribution < -0.4 is 5.73 Å². The van der Waals surface area contributed by atoms with Gasteiger partial charge in [-0.15, -0.1) is 0 Å². The van der Waals surface area contributed by atoms with E-state index >= 15 is 0 Å². The van der Waals surface area contributed by atoms with Crippen molar-refractivity contribution in [2.75, 3.05) is 6.54 Å². The van der Waals surface area contributed by atoms with Crippen LogP contribution in [0.4, 0.5) is 0 Å². The third kappa shape index (κ3) is 4.19. The quantitative estimate of drug-likeness (QED) is 0.798. The topological polar surface area (TPSA) is 52.3 Å². The largest absolute Gasteiger partial charge is 0.460 e. The van der Waals surface area contributed by atoms with Crippen LogP contribution in [0.25, 0.3) is 0 Å². The molecule has 0 aromatic heterocycles.